The molecule has 6 nitrogen and oxygen atoms in total. The van der Waals surface area contributed by atoms with Gasteiger partial charge in [0.1, 0.15) is 6.04 Å². The molecule has 0 aromatic heterocycles. The Morgan fingerprint density at radius 2 is 2.00 bits per heavy atom. The van der Waals surface area contributed by atoms with Gasteiger partial charge in [0.2, 0.25) is 0 Å². The van der Waals surface area contributed by atoms with E-state index >= 15 is 0 Å². The smallest absolute Gasteiger partial charge is 0.326 e. The fourth-order valence-corrected chi connectivity index (χ4v) is 2.59. The minimum Gasteiger partial charge on any atom is -0.480 e. The van der Waals surface area contributed by atoms with Crippen LogP contribution in [0.4, 0.5) is 4.79 Å². The third-order valence-electron chi connectivity index (χ3n) is 3.65. The molecule has 2 aliphatic heterocycles. The maximum absolute atomic E-state index is 12.4. The highest BCUT2D eigenvalue weighted by atomic mass is 16.5. The van der Waals surface area contributed by atoms with Gasteiger partial charge in [-0.2, -0.15) is 0 Å². The number of hydrogen-bond acceptors (Lipinski definition) is 3. The summed E-state index contributed by atoms with van der Waals surface area (Å²) in [6.07, 6.45) is 2.31. The van der Waals surface area contributed by atoms with E-state index < -0.39 is 12.0 Å². The number of hydrogen-bond donors (Lipinski definition) is 1. The van der Waals surface area contributed by atoms with Crippen molar-refractivity contribution in [2.24, 2.45) is 0 Å². The lowest BCUT2D eigenvalue weighted by atomic mass is 10.0. The summed E-state index contributed by atoms with van der Waals surface area (Å²) in [7, 11) is 0. The number of likely N-dealkylation sites (tertiary alicyclic amines) is 1. The fraction of sp³-hybridized carbons (Fsp3) is 0.833. The molecule has 0 saturated carbocycles. The van der Waals surface area contributed by atoms with Crippen molar-refractivity contribution in [2.75, 3.05) is 26.3 Å². The van der Waals surface area contributed by atoms with Crippen LogP contribution in [-0.4, -0.2) is 65.3 Å². The Hall–Kier alpha value is -1.30. The van der Waals surface area contributed by atoms with Crippen LogP contribution in [0.15, 0.2) is 0 Å². The molecule has 2 heterocycles. The Bertz CT molecular complexity index is 334. The van der Waals surface area contributed by atoms with Gasteiger partial charge in [-0.05, 0) is 26.2 Å². The SMILES string of the molecule is CC1COCCN1C(=O)N1CCCCC1C(=O)O. The van der Waals surface area contributed by atoms with Crippen molar-refractivity contribution in [3.8, 4) is 0 Å². The third-order valence-corrected chi connectivity index (χ3v) is 3.65. The number of urea groups is 1. The fourth-order valence-electron chi connectivity index (χ4n) is 2.59. The summed E-state index contributed by atoms with van der Waals surface area (Å²) in [6, 6.07) is -0.804. The zero-order valence-electron chi connectivity index (χ0n) is 10.7. The Labute approximate surface area is 106 Å². The van der Waals surface area contributed by atoms with E-state index in [2.05, 4.69) is 0 Å². The number of nitrogens with zero attached hydrogens (tertiary/aromatic N) is 2. The van der Waals surface area contributed by atoms with Gasteiger partial charge in [-0.1, -0.05) is 0 Å². The molecular formula is C12H20N2O4. The Morgan fingerprint density at radius 1 is 1.22 bits per heavy atom. The van der Waals surface area contributed by atoms with E-state index in [0.29, 0.717) is 32.7 Å². The van der Waals surface area contributed by atoms with Gasteiger partial charge in [0, 0.05) is 13.1 Å². The van der Waals surface area contributed by atoms with Gasteiger partial charge in [0.25, 0.3) is 0 Å². The van der Waals surface area contributed by atoms with Crippen molar-refractivity contribution in [1.29, 1.82) is 0 Å². The van der Waals surface area contributed by atoms with Crippen molar-refractivity contribution in [2.45, 2.75) is 38.3 Å². The van der Waals surface area contributed by atoms with Crippen molar-refractivity contribution < 1.29 is 19.4 Å². The molecule has 102 valence electrons. The van der Waals surface area contributed by atoms with Crippen LogP contribution in [0.1, 0.15) is 26.2 Å². The molecule has 0 aliphatic carbocycles. The highest BCUT2D eigenvalue weighted by Crippen LogP contribution is 2.20. The Balaban J connectivity index is 2.07. The molecule has 0 spiro atoms. The molecule has 2 amide bonds. The van der Waals surface area contributed by atoms with E-state index in [0.717, 1.165) is 12.8 Å². The standard InChI is InChI=1S/C12H20N2O4/c1-9-8-18-7-6-13(9)12(17)14-5-3-2-4-10(14)11(15)16/h9-10H,2-8H2,1H3,(H,15,16). The molecule has 0 aromatic rings. The second-order valence-electron chi connectivity index (χ2n) is 4.94. The minimum atomic E-state index is -0.899. The summed E-state index contributed by atoms with van der Waals surface area (Å²) < 4.78 is 5.30. The van der Waals surface area contributed by atoms with Gasteiger partial charge in [0.05, 0.1) is 19.3 Å². The summed E-state index contributed by atoms with van der Waals surface area (Å²) >= 11 is 0. The second kappa shape index (κ2) is 5.56. The lowest BCUT2D eigenvalue weighted by Crippen LogP contribution is -2.57. The summed E-state index contributed by atoms with van der Waals surface area (Å²) in [5.74, 6) is -0.899. The molecule has 0 radical (unpaired) electrons. The highest BCUT2D eigenvalue weighted by molar-refractivity contribution is 5.83. The lowest BCUT2D eigenvalue weighted by Gasteiger charge is -2.40. The van der Waals surface area contributed by atoms with Crippen molar-refractivity contribution >= 4 is 12.0 Å². The molecule has 1 N–H and O–H groups in total. The molecule has 2 saturated heterocycles. The zero-order chi connectivity index (χ0) is 13.1. The molecule has 2 aliphatic rings. The van der Waals surface area contributed by atoms with Gasteiger partial charge in [0.15, 0.2) is 0 Å². The molecule has 0 aromatic carbocycles. The van der Waals surface area contributed by atoms with E-state index in [1.54, 1.807) is 4.90 Å². The number of piperidine rings is 1. The van der Waals surface area contributed by atoms with E-state index in [1.807, 2.05) is 6.92 Å². The molecule has 2 unspecified atom stereocenters. The number of carbonyl (C=O) groups excluding carboxylic acids is 1. The van der Waals surface area contributed by atoms with E-state index in [-0.39, 0.29) is 12.1 Å². The van der Waals surface area contributed by atoms with Crippen LogP contribution in [0.5, 0.6) is 0 Å². The summed E-state index contributed by atoms with van der Waals surface area (Å²) in [6.45, 7) is 4.07. The summed E-state index contributed by atoms with van der Waals surface area (Å²) in [5, 5.41) is 9.18. The first-order chi connectivity index (χ1) is 8.61. The maximum atomic E-state index is 12.4. The van der Waals surface area contributed by atoms with Gasteiger partial charge < -0.3 is 19.6 Å². The monoisotopic (exact) mass is 256 g/mol. The number of carboxylic acids is 1. The molecule has 2 fully saturated rings. The lowest BCUT2D eigenvalue weighted by molar-refractivity contribution is -0.143. The minimum absolute atomic E-state index is 0.0163. The third kappa shape index (κ3) is 2.58. The molecular weight excluding hydrogens is 236 g/mol. The predicted octanol–water partition coefficient (Wildman–Crippen LogP) is 0.766. The molecule has 6 heteroatoms. The van der Waals surface area contributed by atoms with Gasteiger partial charge in [-0.3, -0.25) is 0 Å². The molecule has 0 bridgehead atoms. The first-order valence-corrected chi connectivity index (χ1v) is 6.49. The Kier molecular flexibility index (Phi) is 4.06. The number of morpholine rings is 1. The summed E-state index contributed by atoms with van der Waals surface area (Å²) in [4.78, 5) is 26.8. The van der Waals surface area contributed by atoms with Crippen LogP contribution in [0, 0.1) is 0 Å². The Morgan fingerprint density at radius 3 is 2.67 bits per heavy atom. The normalized spacial score (nSPS) is 29.2. The van der Waals surface area contributed by atoms with Crippen LogP contribution in [0.3, 0.4) is 0 Å². The number of aliphatic carboxylic acids is 1. The van der Waals surface area contributed by atoms with Crippen molar-refractivity contribution in [1.82, 2.24) is 9.80 Å². The average molecular weight is 256 g/mol. The van der Waals surface area contributed by atoms with E-state index in [4.69, 9.17) is 4.74 Å². The molecule has 18 heavy (non-hydrogen) atoms. The second-order valence-corrected chi connectivity index (χ2v) is 4.94. The predicted molar refractivity (Wildman–Crippen MR) is 64.4 cm³/mol. The van der Waals surface area contributed by atoms with Crippen LogP contribution < -0.4 is 0 Å². The number of ether oxygens (including phenoxy) is 1. The largest absolute Gasteiger partial charge is 0.480 e. The van der Waals surface area contributed by atoms with E-state index in [9.17, 15) is 14.7 Å². The first kappa shape index (κ1) is 13.1. The van der Waals surface area contributed by atoms with Gasteiger partial charge in [-0.15, -0.1) is 0 Å². The average Bonchev–Trinajstić information content (AvgIpc) is 2.38. The number of carbonyl (C=O) groups is 2. The topological polar surface area (TPSA) is 70.1 Å². The van der Waals surface area contributed by atoms with Crippen LogP contribution in [-0.2, 0) is 9.53 Å². The summed E-state index contributed by atoms with van der Waals surface area (Å²) in [5.41, 5.74) is 0. The molecule has 2 rings (SSSR count). The van der Waals surface area contributed by atoms with E-state index in [1.165, 1.54) is 4.90 Å². The number of amides is 2. The number of carboxylic acid groups (broad SMARTS) is 1. The quantitative estimate of drug-likeness (QED) is 0.752. The van der Waals surface area contributed by atoms with Gasteiger partial charge in [-0.25, -0.2) is 9.59 Å². The highest BCUT2D eigenvalue weighted by Gasteiger charge is 2.36. The number of rotatable bonds is 1. The maximum Gasteiger partial charge on any atom is 0.326 e. The zero-order valence-corrected chi connectivity index (χ0v) is 10.7. The van der Waals surface area contributed by atoms with Crippen LogP contribution >= 0.6 is 0 Å². The van der Waals surface area contributed by atoms with Crippen LogP contribution in [0.2, 0.25) is 0 Å². The van der Waals surface area contributed by atoms with Crippen LogP contribution in [0.25, 0.3) is 0 Å². The van der Waals surface area contributed by atoms with Crippen molar-refractivity contribution in [3.63, 3.8) is 0 Å². The van der Waals surface area contributed by atoms with Gasteiger partial charge >= 0.3 is 12.0 Å². The molecule has 2 atom stereocenters. The van der Waals surface area contributed by atoms with Crippen molar-refractivity contribution in [3.05, 3.63) is 0 Å². The first-order valence-electron chi connectivity index (χ1n) is 6.49.